The van der Waals surface area contributed by atoms with E-state index in [1.165, 1.54) is 0 Å². The Morgan fingerprint density at radius 2 is 1.52 bits per heavy atom. The molecule has 2 aliphatic rings. The number of ether oxygens (including phenoxy) is 3. The summed E-state index contributed by atoms with van der Waals surface area (Å²) in [5, 5.41) is 2.84. The van der Waals surface area contributed by atoms with Gasteiger partial charge in [0.05, 0.1) is 25.3 Å². The second-order valence-corrected chi connectivity index (χ2v) is 8.95. The van der Waals surface area contributed by atoms with Crippen molar-refractivity contribution in [1.82, 2.24) is 10.2 Å². The van der Waals surface area contributed by atoms with Crippen molar-refractivity contribution in [3.8, 4) is 0 Å². The number of alkyl carbamates (subject to hydrolysis) is 1. The van der Waals surface area contributed by atoms with Gasteiger partial charge in [0.1, 0.15) is 11.2 Å². The Balaban J connectivity index is 1.90. The molecule has 2 rings (SSSR count). The highest BCUT2D eigenvalue weighted by Gasteiger charge is 2.43. The monoisotopic (exact) mass is 356 g/mol. The van der Waals surface area contributed by atoms with Crippen molar-refractivity contribution in [2.75, 3.05) is 19.8 Å². The number of carbonyl (C=O) groups excluding carboxylic acids is 2. The van der Waals surface area contributed by atoms with Gasteiger partial charge < -0.3 is 19.5 Å². The zero-order valence-corrected chi connectivity index (χ0v) is 16.3. The van der Waals surface area contributed by atoms with Crippen LogP contribution in [0.15, 0.2) is 0 Å². The Bertz CT molecular complexity index is 481. The highest BCUT2D eigenvalue weighted by atomic mass is 16.6. The summed E-state index contributed by atoms with van der Waals surface area (Å²) in [6, 6.07) is -0.0134. The van der Waals surface area contributed by atoms with Crippen molar-refractivity contribution in [1.29, 1.82) is 0 Å². The van der Waals surface area contributed by atoms with Crippen LogP contribution >= 0.6 is 0 Å². The van der Waals surface area contributed by atoms with Crippen LogP contribution in [0.4, 0.5) is 9.59 Å². The number of hydrogen-bond donors (Lipinski definition) is 1. The number of carbonyl (C=O) groups is 2. The minimum absolute atomic E-state index is 0.00668. The summed E-state index contributed by atoms with van der Waals surface area (Å²) in [5.41, 5.74) is -1.02. The van der Waals surface area contributed by atoms with Gasteiger partial charge in [-0.05, 0) is 60.3 Å². The number of nitrogens with zero attached hydrogens (tertiary/aromatic N) is 1. The van der Waals surface area contributed by atoms with E-state index >= 15 is 0 Å². The molecule has 7 heteroatoms. The zero-order chi connectivity index (χ0) is 18.8. The van der Waals surface area contributed by atoms with Crippen LogP contribution in [0.3, 0.4) is 0 Å². The molecule has 2 fully saturated rings. The summed E-state index contributed by atoms with van der Waals surface area (Å²) in [5.74, 6) is 0.296. The second kappa shape index (κ2) is 7.40. The van der Waals surface area contributed by atoms with Crippen LogP contribution in [0.25, 0.3) is 0 Å². The largest absolute Gasteiger partial charge is 0.444 e. The summed E-state index contributed by atoms with van der Waals surface area (Å²) in [7, 11) is 0. The number of morpholine rings is 1. The maximum absolute atomic E-state index is 12.5. The lowest BCUT2D eigenvalue weighted by atomic mass is 9.85. The van der Waals surface area contributed by atoms with Gasteiger partial charge in [0.25, 0.3) is 0 Å². The Hall–Kier alpha value is -1.50. The number of amides is 2. The lowest BCUT2D eigenvalue weighted by Crippen LogP contribution is -2.60. The lowest BCUT2D eigenvalue weighted by molar-refractivity contribution is -0.0893. The second-order valence-electron chi connectivity index (χ2n) is 8.95. The molecule has 0 saturated carbocycles. The molecule has 25 heavy (non-hydrogen) atoms. The Morgan fingerprint density at radius 1 is 1.00 bits per heavy atom. The molecule has 2 heterocycles. The van der Waals surface area contributed by atoms with Gasteiger partial charge in [0.15, 0.2) is 0 Å². The van der Waals surface area contributed by atoms with Crippen LogP contribution in [0.2, 0.25) is 0 Å². The van der Waals surface area contributed by atoms with Crippen LogP contribution < -0.4 is 5.32 Å². The van der Waals surface area contributed by atoms with Gasteiger partial charge in [-0.2, -0.15) is 0 Å². The summed E-state index contributed by atoms with van der Waals surface area (Å²) in [6.45, 7) is 12.7. The molecule has 144 valence electrons. The number of piperidine rings is 1. The van der Waals surface area contributed by atoms with Crippen LogP contribution in [-0.4, -0.2) is 60.1 Å². The van der Waals surface area contributed by atoms with Crippen molar-refractivity contribution in [3.63, 3.8) is 0 Å². The Morgan fingerprint density at radius 3 is 2.00 bits per heavy atom. The third-order valence-corrected chi connectivity index (χ3v) is 4.16. The molecule has 2 bridgehead atoms. The molecule has 2 saturated heterocycles. The molecule has 0 aromatic rings. The first-order valence-electron chi connectivity index (χ1n) is 9.00. The van der Waals surface area contributed by atoms with E-state index in [2.05, 4.69) is 5.32 Å². The van der Waals surface area contributed by atoms with Gasteiger partial charge in [-0.3, -0.25) is 4.90 Å². The molecule has 0 spiro atoms. The first-order valence-corrected chi connectivity index (χ1v) is 9.00. The maximum Gasteiger partial charge on any atom is 0.410 e. The van der Waals surface area contributed by atoms with E-state index < -0.39 is 17.3 Å². The minimum atomic E-state index is -0.513. The molecular formula is C18H32N2O5. The van der Waals surface area contributed by atoms with E-state index in [-0.39, 0.29) is 18.2 Å². The van der Waals surface area contributed by atoms with E-state index in [4.69, 9.17) is 14.2 Å². The molecule has 2 aliphatic heterocycles. The van der Waals surface area contributed by atoms with E-state index in [0.29, 0.717) is 25.7 Å². The SMILES string of the molecule is CC(C)(C)OC(=O)NCC1CC2COCC(C1)N2C(=O)OC(C)(C)C. The Labute approximate surface area is 150 Å². The number of nitrogens with one attached hydrogen (secondary N) is 1. The summed E-state index contributed by atoms with van der Waals surface area (Å²) in [6.07, 6.45) is 0.893. The molecule has 0 aromatic heterocycles. The average molecular weight is 356 g/mol. The first-order chi connectivity index (χ1) is 11.4. The van der Waals surface area contributed by atoms with Crippen LogP contribution in [0.5, 0.6) is 0 Å². The fourth-order valence-corrected chi connectivity index (χ4v) is 3.35. The minimum Gasteiger partial charge on any atom is -0.444 e. The quantitative estimate of drug-likeness (QED) is 0.823. The summed E-state index contributed by atoms with van der Waals surface area (Å²) in [4.78, 5) is 26.2. The predicted octanol–water partition coefficient (Wildman–Crippen LogP) is 2.93. The van der Waals surface area contributed by atoms with Gasteiger partial charge in [-0.15, -0.1) is 0 Å². The lowest BCUT2D eigenvalue weighted by Gasteiger charge is -2.48. The van der Waals surface area contributed by atoms with Crippen molar-refractivity contribution >= 4 is 12.2 Å². The van der Waals surface area contributed by atoms with Gasteiger partial charge in [0, 0.05) is 6.54 Å². The molecule has 1 N–H and O–H groups in total. The van der Waals surface area contributed by atoms with Gasteiger partial charge in [-0.25, -0.2) is 9.59 Å². The smallest absolute Gasteiger partial charge is 0.410 e. The third kappa shape index (κ3) is 6.06. The zero-order valence-electron chi connectivity index (χ0n) is 16.3. The molecule has 2 unspecified atom stereocenters. The standard InChI is InChI=1S/C18H32N2O5/c1-17(2,3)24-15(21)19-9-12-7-13-10-23-11-14(8-12)20(13)16(22)25-18(4,5)6/h12-14H,7-11H2,1-6H3,(H,19,21). The van der Waals surface area contributed by atoms with E-state index in [1.54, 1.807) is 0 Å². The van der Waals surface area contributed by atoms with Crippen molar-refractivity contribution < 1.29 is 23.8 Å². The van der Waals surface area contributed by atoms with E-state index in [9.17, 15) is 9.59 Å². The van der Waals surface area contributed by atoms with Crippen molar-refractivity contribution in [3.05, 3.63) is 0 Å². The Kier molecular flexibility index (Phi) is 5.86. The highest BCUT2D eigenvalue weighted by molar-refractivity contribution is 5.69. The average Bonchev–Trinajstić information content (AvgIpc) is 2.40. The summed E-state index contributed by atoms with van der Waals surface area (Å²) < 4.78 is 16.4. The third-order valence-electron chi connectivity index (χ3n) is 4.16. The first kappa shape index (κ1) is 19.8. The number of rotatable bonds is 2. The van der Waals surface area contributed by atoms with Gasteiger partial charge >= 0.3 is 12.2 Å². The topological polar surface area (TPSA) is 77.1 Å². The maximum atomic E-state index is 12.5. The summed E-state index contributed by atoms with van der Waals surface area (Å²) >= 11 is 0. The highest BCUT2D eigenvalue weighted by Crippen LogP contribution is 2.32. The molecule has 0 aromatic carbocycles. The molecule has 0 aliphatic carbocycles. The molecule has 0 radical (unpaired) electrons. The normalized spacial score (nSPS) is 26.8. The number of hydrogen-bond acceptors (Lipinski definition) is 5. The van der Waals surface area contributed by atoms with E-state index in [1.807, 2.05) is 46.4 Å². The molecule has 2 atom stereocenters. The molecule has 2 amide bonds. The van der Waals surface area contributed by atoms with Gasteiger partial charge in [0.2, 0.25) is 0 Å². The molecule has 7 nitrogen and oxygen atoms in total. The van der Waals surface area contributed by atoms with Gasteiger partial charge in [-0.1, -0.05) is 0 Å². The fraction of sp³-hybridized carbons (Fsp3) is 0.889. The predicted molar refractivity (Wildman–Crippen MR) is 93.4 cm³/mol. The number of fused-ring (bicyclic) bond motifs is 2. The van der Waals surface area contributed by atoms with Crippen LogP contribution in [-0.2, 0) is 14.2 Å². The van der Waals surface area contributed by atoms with Crippen LogP contribution in [0, 0.1) is 5.92 Å². The fourth-order valence-electron chi connectivity index (χ4n) is 3.35. The van der Waals surface area contributed by atoms with Crippen molar-refractivity contribution in [2.24, 2.45) is 5.92 Å². The van der Waals surface area contributed by atoms with E-state index in [0.717, 1.165) is 12.8 Å². The van der Waals surface area contributed by atoms with Crippen LogP contribution in [0.1, 0.15) is 54.4 Å². The van der Waals surface area contributed by atoms with Crippen molar-refractivity contribution in [2.45, 2.75) is 77.7 Å². The molecular weight excluding hydrogens is 324 g/mol.